The highest BCUT2D eigenvalue weighted by molar-refractivity contribution is 7.09. The first-order chi connectivity index (χ1) is 9.70. The van der Waals surface area contributed by atoms with Gasteiger partial charge in [0.1, 0.15) is 0 Å². The summed E-state index contributed by atoms with van der Waals surface area (Å²) in [4.78, 5) is 6.90. The zero-order valence-corrected chi connectivity index (χ0v) is 12.9. The average Bonchev–Trinajstić information content (AvgIpc) is 2.83. The van der Waals surface area contributed by atoms with Crippen LogP contribution in [0.1, 0.15) is 21.8 Å². The van der Waals surface area contributed by atoms with Gasteiger partial charge < -0.3 is 5.32 Å². The Hall–Kier alpha value is -1.23. The van der Waals surface area contributed by atoms with Gasteiger partial charge in [0, 0.05) is 31.1 Å². The number of likely N-dealkylation sites (N-methyl/N-ethyl adjacent to an activating group) is 1. The summed E-state index contributed by atoms with van der Waals surface area (Å²) in [5, 5.41) is 6.95. The number of hydrogen-bond acceptors (Lipinski definition) is 4. The number of benzene rings is 1. The summed E-state index contributed by atoms with van der Waals surface area (Å²) >= 11 is 1.73. The van der Waals surface area contributed by atoms with Gasteiger partial charge in [-0.15, -0.1) is 11.3 Å². The summed E-state index contributed by atoms with van der Waals surface area (Å²) < 4.78 is 0. The molecule has 1 aliphatic heterocycles. The minimum Gasteiger partial charge on any atom is -0.308 e. The lowest BCUT2D eigenvalue weighted by atomic mass is 9.96. The van der Waals surface area contributed by atoms with E-state index in [1.165, 1.54) is 16.8 Å². The first kappa shape index (κ1) is 13.7. The van der Waals surface area contributed by atoms with Crippen molar-refractivity contribution in [3.8, 4) is 0 Å². The number of aromatic nitrogens is 1. The lowest BCUT2D eigenvalue weighted by Gasteiger charge is -2.29. The van der Waals surface area contributed by atoms with Crippen LogP contribution in [0.5, 0.6) is 0 Å². The molecular formula is C16H21N3S. The summed E-state index contributed by atoms with van der Waals surface area (Å²) in [7, 11) is 2.18. The molecule has 3 nitrogen and oxygen atoms in total. The molecule has 0 spiro atoms. The fourth-order valence-corrected chi connectivity index (χ4v) is 3.45. The lowest BCUT2D eigenvalue weighted by Crippen LogP contribution is -2.43. The monoisotopic (exact) mass is 287 g/mol. The molecule has 2 aromatic rings. The highest BCUT2D eigenvalue weighted by atomic mass is 32.1. The normalized spacial score (nSPS) is 18.2. The van der Waals surface area contributed by atoms with Crippen LogP contribution in [0, 0.1) is 6.92 Å². The van der Waals surface area contributed by atoms with E-state index >= 15 is 0 Å². The smallest absolute Gasteiger partial charge is 0.0897 e. The molecule has 0 saturated heterocycles. The topological polar surface area (TPSA) is 28.2 Å². The van der Waals surface area contributed by atoms with Crippen molar-refractivity contribution in [3.05, 3.63) is 51.5 Å². The van der Waals surface area contributed by atoms with Gasteiger partial charge >= 0.3 is 0 Å². The van der Waals surface area contributed by atoms with Crippen molar-refractivity contribution in [2.24, 2.45) is 0 Å². The van der Waals surface area contributed by atoms with E-state index in [1.54, 1.807) is 11.3 Å². The minimum absolute atomic E-state index is 0.537. The predicted molar refractivity (Wildman–Crippen MR) is 84.0 cm³/mol. The van der Waals surface area contributed by atoms with Gasteiger partial charge in [0.25, 0.3) is 0 Å². The average molecular weight is 287 g/mol. The molecule has 0 aliphatic carbocycles. The number of aryl methyl sites for hydroxylation is 1. The highest BCUT2D eigenvalue weighted by Crippen LogP contribution is 2.17. The van der Waals surface area contributed by atoms with E-state index in [4.69, 9.17) is 0 Å². The van der Waals surface area contributed by atoms with Gasteiger partial charge in [0.15, 0.2) is 0 Å². The Morgan fingerprint density at radius 2 is 2.15 bits per heavy atom. The SMILES string of the molecule is Cc1nc(CN(C)CC2Cc3ccccc3CN2)cs1. The zero-order valence-electron chi connectivity index (χ0n) is 12.1. The van der Waals surface area contributed by atoms with Crippen LogP contribution in [0.3, 0.4) is 0 Å². The van der Waals surface area contributed by atoms with Crippen LogP contribution in [-0.2, 0) is 19.5 Å². The van der Waals surface area contributed by atoms with E-state index < -0.39 is 0 Å². The molecule has 1 aliphatic rings. The minimum atomic E-state index is 0.537. The van der Waals surface area contributed by atoms with Crippen LogP contribution in [0.15, 0.2) is 29.6 Å². The standard InChI is InChI=1S/C16H21N3S/c1-12-18-16(11-20-12)10-19(2)9-15-7-13-5-3-4-6-14(13)8-17-15/h3-6,11,15,17H,7-10H2,1-2H3. The molecule has 0 saturated carbocycles. The molecule has 20 heavy (non-hydrogen) atoms. The number of thiazole rings is 1. The summed E-state index contributed by atoms with van der Waals surface area (Å²) in [6.45, 7) is 5.05. The van der Waals surface area contributed by atoms with Crippen LogP contribution >= 0.6 is 11.3 Å². The second-order valence-electron chi connectivity index (χ2n) is 5.61. The molecule has 1 N–H and O–H groups in total. The van der Waals surface area contributed by atoms with Crippen molar-refractivity contribution in [3.63, 3.8) is 0 Å². The van der Waals surface area contributed by atoms with Crippen LogP contribution in [0.2, 0.25) is 0 Å². The first-order valence-corrected chi connectivity index (χ1v) is 7.98. The molecular weight excluding hydrogens is 266 g/mol. The van der Waals surface area contributed by atoms with Crippen molar-refractivity contribution in [1.29, 1.82) is 0 Å². The Kier molecular flexibility index (Phi) is 4.15. The first-order valence-electron chi connectivity index (χ1n) is 7.10. The largest absolute Gasteiger partial charge is 0.308 e. The number of hydrogen-bond donors (Lipinski definition) is 1. The fourth-order valence-electron chi connectivity index (χ4n) is 2.85. The maximum absolute atomic E-state index is 4.54. The van der Waals surface area contributed by atoms with E-state index in [0.717, 1.165) is 31.1 Å². The predicted octanol–water partition coefficient (Wildman–Crippen LogP) is 2.60. The third kappa shape index (κ3) is 3.26. The van der Waals surface area contributed by atoms with E-state index in [9.17, 15) is 0 Å². The van der Waals surface area contributed by atoms with Crippen molar-refractivity contribution < 1.29 is 0 Å². The molecule has 1 unspecified atom stereocenters. The molecule has 2 heterocycles. The Labute approximate surface area is 124 Å². The van der Waals surface area contributed by atoms with E-state index in [2.05, 4.69) is 58.8 Å². The number of rotatable bonds is 4. The number of fused-ring (bicyclic) bond motifs is 1. The van der Waals surface area contributed by atoms with E-state index in [1.807, 2.05) is 0 Å². The third-order valence-corrected chi connectivity index (χ3v) is 4.62. The quantitative estimate of drug-likeness (QED) is 0.937. The maximum Gasteiger partial charge on any atom is 0.0897 e. The van der Waals surface area contributed by atoms with Gasteiger partial charge in [0.05, 0.1) is 10.7 Å². The van der Waals surface area contributed by atoms with Gasteiger partial charge in [-0.1, -0.05) is 24.3 Å². The molecule has 0 bridgehead atoms. The summed E-state index contributed by atoms with van der Waals surface area (Å²) in [6.07, 6.45) is 1.12. The Bertz CT molecular complexity index is 579. The molecule has 1 atom stereocenters. The van der Waals surface area contributed by atoms with Gasteiger partial charge in [-0.05, 0) is 31.5 Å². The Morgan fingerprint density at radius 3 is 2.90 bits per heavy atom. The van der Waals surface area contributed by atoms with Gasteiger partial charge in [0.2, 0.25) is 0 Å². The second-order valence-corrected chi connectivity index (χ2v) is 6.67. The second kappa shape index (κ2) is 6.04. The maximum atomic E-state index is 4.54. The molecule has 3 rings (SSSR count). The van der Waals surface area contributed by atoms with Crippen molar-refractivity contribution >= 4 is 11.3 Å². The van der Waals surface area contributed by atoms with Crippen LogP contribution in [0.25, 0.3) is 0 Å². The fraction of sp³-hybridized carbons (Fsp3) is 0.438. The molecule has 0 fully saturated rings. The summed E-state index contributed by atoms with van der Waals surface area (Å²) in [5.74, 6) is 0. The Balaban J connectivity index is 1.56. The van der Waals surface area contributed by atoms with Gasteiger partial charge in [-0.2, -0.15) is 0 Å². The lowest BCUT2D eigenvalue weighted by molar-refractivity contribution is 0.271. The van der Waals surface area contributed by atoms with Crippen LogP contribution in [-0.4, -0.2) is 29.5 Å². The molecule has 1 aromatic heterocycles. The molecule has 0 amide bonds. The van der Waals surface area contributed by atoms with E-state index in [-0.39, 0.29) is 0 Å². The third-order valence-electron chi connectivity index (χ3n) is 3.80. The van der Waals surface area contributed by atoms with Gasteiger partial charge in [-0.25, -0.2) is 4.98 Å². The van der Waals surface area contributed by atoms with E-state index in [0.29, 0.717) is 6.04 Å². The number of nitrogens with zero attached hydrogens (tertiary/aromatic N) is 2. The molecule has 0 radical (unpaired) electrons. The summed E-state index contributed by atoms with van der Waals surface area (Å²) in [5.41, 5.74) is 4.13. The molecule has 1 aromatic carbocycles. The van der Waals surface area contributed by atoms with Crippen molar-refractivity contribution in [2.75, 3.05) is 13.6 Å². The summed E-state index contributed by atoms with van der Waals surface area (Å²) in [6, 6.07) is 9.28. The van der Waals surface area contributed by atoms with Crippen molar-refractivity contribution in [2.45, 2.75) is 32.5 Å². The van der Waals surface area contributed by atoms with Gasteiger partial charge in [-0.3, -0.25) is 4.90 Å². The molecule has 106 valence electrons. The van der Waals surface area contributed by atoms with Crippen LogP contribution in [0.4, 0.5) is 0 Å². The van der Waals surface area contributed by atoms with Crippen molar-refractivity contribution in [1.82, 2.24) is 15.2 Å². The van der Waals surface area contributed by atoms with Crippen LogP contribution < -0.4 is 5.32 Å². The highest BCUT2D eigenvalue weighted by Gasteiger charge is 2.19. The molecule has 4 heteroatoms. The number of nitrogens with one attached hydrogen (secondary N) is 1. The Morgan fingerprint density at radius 1 is 1.35 bits per heavy atom. The zero-order chi connectivity index (χ0) is 13.9.